The first-order chi connectivity index (χ1) is 8.94. The lowest BCUT2D eigenvalue weighted by Gasteiger charge is -2.12. The average molecular weight is 292 g/mol. The largest absolute Gasteiger partial charge is 0.573 e. The van der Waals surface area contributed by atoms with Crippen LogP contribution in [0.15, 0.2) is 24.3 Å². The van der Waals surface area contributed by atoms with Crippen LogP contribution in [0.1, 0.15) is 0 Å². The van der Waals surface area contributed by atoms with Crippen LogP contribution in [0.5, 0.6) is 5.75 Å². The van der Waals surface area contributed by atoms with Gasteiger partial charge in [-0.2, -0.15) is 0 Å². The normalized spacial score (nSPS) is 19.2. The van der Waals surface area contributed by atoms with Crippen LogP contribution in [0.3, 0.4) is 0 Å². The lowest BCUT2D eigenvalue weighted by atomic mass is 10.3. The fourth-order valence-corrected chi connectivity index (χ4v) is 2.49. The van der Waals surface area contributed by atoms with Gasteiger partial charge in [0.1, 0.15) is 11.1 Å². The third-order valence-corrected chi connectivity index (χ3v) is 3.44. The van der Waals surface area contributed by atoms with Gasteiger partial charge in [-0.05, 0) is 12.1 Å². The van der Waals surface area contributed by atoms with Gasteiger partial charge in [-0.3, -0.25) is 10.1 Å². The first-order valence-electron chi connectivity index (χ1n) is 5.46. The van der Waals surface area contributed by atoms with Gasteiger partial charge in [0.25, 0.3) is 5.91 Å². The van der Waals surface area contributed by atoms with E-state index in [2.05, 4.69) is 15.4 Å². The van der Waals surface area contributed by atoms with Crippen molar-refractivity contribution in [3.05, 3.63) is 24.3 Å². The minimum Gasteiger partial charge on any atom is -0.406 e. The maximum Gasteiger partial charge on any atom is 0.573 e. The second-order valence-corrected chi connectivity index (χ2v) is 4.98. The number of halogens is 3. The molecule has 0 radical (unpaired) electrons. The van der Waals surface area contributed by atoms with E-state index in [0.29, 0.717) is 0 Å². The van der Waals surface area contributed by atoms with Gasteiger partial charge >= 0.3 is 6.36 Å². The molecule has 1 aliphatic heterocycles. The summed E-state index contributed by atoms with van der Waals surface area (Å²) in [6, 6.07) is 5.18. The molecule has 0 aliphatic carbocycles. The predicted molar refractivity (Wildman–Crippen MR) is 66.0 cm³/mol. The Morgan fingerprint density at radius 1 is 1.47 bits per heavy atom. The number of carbonyl (C=O) groups excluding carboxylic acids is 1. The number of benzene rings is 1. The van der Waals surface area contributed by atoms with Crippen LogP contribution < -0.4 is 15.4 Å². The van der Waals surface area contributed by atoms with Crippen molar-refractivity contribution in [1.82, 2.24) is 5.32 Å². The summed E-state index contributed by atoms with van der Waals surface area (Å²) in [6.45, 7) is 0.736. The fourth-order valence-electron chi connectivity index (χ4n) is 1.57. The van der Waals surface area contributed by atoms with Crippen molar-refractivity contribution in [3.8, 4) is 5.75 Å². The first-order valence-corrected chi connectivity index (χ1v) is 6.50. The Morgan fingerprint density at radius 2 is 2.26 bits per heavy atom. The highest BCUT2D eigenvalue weighted by molar-refractivity contribution is 8.00. The van der Waals surface area contributed by atoms with E-state index in [4.69, 9.17) is 0 Å². The van der Waals surface area contributed by atoms with Crippen LogP contribution in [-0.2, 0) is 4.79 Å². The molecule has 1 fully saturated rings. The molecule has 0 spiro atoms. The molecular formula is C11H11F3N2O2S. The quantitative estimate of drug-likeness (QED) is 0.896. The number of thioether (sulfide) groups is 1. The lowest BCUT2D eigenvalue weighted by molar-refractivity contribution is -0.274. The zero-order valence-corrected chi connectivity index (χ0v) is 10.5. The van der Waals surface area contributed by atoms with Crippen molar-refractivity contribution in [2.24, 2.45) is 0 Å². The van der Waals surface area contributed by atoms with Crippen molar-refractivity contribution < 1.29 is 22.7 Å². The minimum absolute atomic E-state index is 0.265. The Labute approximate surface area is 111 Å². The Kier molecular flexibility index (Phi) is 4.20. The average Bonchev–Trinajstić information content (AvgIpc) is 2.80. The molecule has 2 N–H and O–H groups in total. The smallest absolute Gasteiger partial charge is 0.406 e. The summed E-state index contributed by atoms with van der Waals surface area (Å²) in [4.78, 5) is 11.8. The topological polar surface area (TPSA) is 50.4 Å². The Bertz CT molecular complexity index is 461. The van der Waals surface area contributed by atoms with Gasteiger partial charge in [-0.1, -0.05) is 6.07 Å². The van der Waals surface area contributed by atoms with E-state index in [1.54, 1.807) is 0 Å². The number of ether oxygens (including phenoxy) is 1. The molecule has 4 nitrogen and oxygen atoms in total. The SMILES string of the molecule is O=C(Nc1cccc(OC(F)(F)F)c1)C1NCCS1. The zero-order chi connectivity index (χ0) is 13.9. The first kappa shape index (κ1) is 14.0. The summed E-state index contributed by atoms with van der Waals surface area (Å²) in [6.07, 6.45) is -4.74. The Morgan fingerprint density at radius 3 is 2.89 bits per heavy atom. The monoisotopic (exact) mass is 292 g/mol. The van der Waals surface area contributed by atoms with Crippen molar-refractivity contribution in [1.29, 1.82) is 0 Å². The fraction of sp³-hybridized carbons (Fsp3) is 0.364. The molecular weight excluding hydrogens is 281 g/mol. The van der Waals surface area contributed by atoms with E-state index in [9.17, 15) is 18.0 Å². The molecule has 19 heavy (non-hydrogen) atoms. The molecule has 0 bridgehead atoms. The highest BCUT2D eigenvalue weighted by atomic mass is 32.2. The summed E-state index contributed by atoms with van der Waals surface area (Å²) < 4.78 is 40.0. The molecule has 0 aromatic heterocycles. The van der Waals surface area contributed by atoms with Crippen molar-refractivity contribution in [2.75, 3.05) is 17.6 Å². The second kappa shape index (κ2) is 5.70. The minimum atomic E-state index is -4.74. The van der Waals surface area contributed by atoms with Crippen LogP contribution in [0, 0.1) is 0 Å². The standard InChI is InChI=1S/C11H11F3N2O2S/c12-11(13,14)18-8-3-1-2-7(6-8)16-9(17)10-15-4-5-19-10/h1-3,6,10,15H,4-5H2,(H,16,17). The van der Waals surface area contributed by atoms with Crippen molar-refractivity contribution in [3.63, 3.8) is 0 Å². The third-order valence-electron chi connectivity index (χ3n) is 2.29. The van der Waals surface area contributed by atoms with Gasteiger partial charge in [0.15, 0.2) is 0 Å². The predicted octanol–water partition coefficient (Wildman–Crippen LogP) is 2.19. The number of carbonyl (C=O) groups is 1. The summed E-state index contributed by atoms with van der Waals surface area (Å²) in [5.41, 5.74) is 0.265. The molecule has 1 aromatic carbocycles. The number of anilines is 1. The van der Waals surface area contributed by atoms with Crippen LogP contribution >= 0.6 is 11.8 Å². The summed E-state index contributed by atoms with van der Waals surface area (Å²) >= 11 is 1.45. The number of nitrogens with one attached hydrogen (secondary N) is 2. The number of rotatable bonds is 3. The molecule has 104 valence electrons. The van der Waals surface area contributed by atoms with Crippen molar-refractivity contribution >= 4 is 23.4 Å². The van der Waals surface area contributed by atoms with Gasteiger partial charge in [0, 0.05) is 24.1 Å². The van der Waals surface area contributed by atoms with E-state index in [1.807, 2.05) is 0 Å². The van der Waals surface area contributed by atoms with Gasteiger partial charge < -0.3 is 10.1 Å². The molecule has 1 atom stereocenters. The molecule has 8 heteroatoms. The number of amides is 1. The molecule has 1 amide bonds. The number of hydrogen-bond donors (Lipinski definition) is 2. The van der Waals surface area contributed by atoms with Crippen LogP contribution in [0.25, 0.3) is 0 Å². The van der Waals surface area contributed by atoms with E-state index in [1.165, 1.54) is 30.0 Å². The van der Waals surface area contributed by atoms with Gasteiger partial charge in [-0.15, -0.1) is 24.9 Å². The van der Waals surface area contributed by atoms with Gasteiger partial charge in [0.2, 0.25) is 0 Å². The summed E-state index contributed by atoms with van der Waals surface area (Å²) in [5.74, 6) is 0.180. The van der Waals surface area contributed by atoms with E-state index in [0.717, 1.165) is 18.4 Å². The molecule has 1 heterocycles. The highest BCUT2D eigenvalue weighted by Crippen LogP contribution is 2.25. The van der Waals surface area contributed by atoms with Crippen LogP contribution in [0.4, 0.5) is 18.9 Å². The van der Waals surface area contributed by atoms with E-state index in [-0.39, 0.29) is 22.7 Å². The Hall–Kier alpha value is -1.41. The third kappa shape index (κ3) is 4.32. The molecule has 1 saturated heterocycles. The van der Waals surface area contributed by atoms with Gasteiger partial charge in [0.05, 0.1) is 0 Å². The maximum atomic E-state index is 12.1. The second-order valence-electron chi connectivity index (χ2n) is 3.77. The molecule has 2 rings (SSSR count). The lowest BCUT2D eigenvalue weighted by Crippen LogP contribution is -2.33. The molecule has 0 saturated carbocycles. The number of hydrogen-bond acceptors (Lipinski definition) is 4. The maximum absolute atomic E-state index is 12.1. The zero-order valence-electron chi connectivity index (χ0n) is 9.66. The van der Waals surface area contributed by atoms with Crippen LogP contribution in [-0.4, -0.2) is 29.9 Å². The van der Waals surface area contributed by atoms with Crippen molar-refractivity contribution in [2.45, 2.75) is 11.7 Å². The molecule has 1 unspecified atom stereocenters. The Balaban J connectivity index is 2.00. The van der Waals surface area contributed by atoms with E-state index < -0.39 is 6.36 Å². The van der Waals surface area contributed by atoms with Gasteiger partial charge in [-0.25, -0.2) is 0 Å². The summed E-state index contributed by atoms with van der Waals surface area (Å²) in [5, 5.41) is 5.14. The number of alkyl halides is 3. The van der Waals surface area contributed by atoms with Crippen LogP contribution in [0.2, 0.25) is 0 Å². The summed E-state index contributed by atoms with van der Waals surface area (Å²) in [7, 11) is 0. The van der Waals surface area contributed by atoms with E-state index >= 15 is 0 Å². The highest BCUT2D eigenvalue weighted by Gasteiger charge is 2.31. The molecule has 1 aliphatic rings. The molecule has 1 aromatic rings.